The zero-order chi connectivity index (χ0) is 15.8. The lowest BCUT2D eigenvalue weighted by molar-refractivity contribution is 0.309. The summed E-state index contributed by atoms with van der Waals surface area (Å²) in [7, 11) is 1.95. The molecule has 0 fully saturated rings. The molecule has 0 amide bonds. The fraction of sp³-hybridized carbons (Fsp3) is 0.294. The minimum absolute atomic E-state index is 0.188. The van der Waals surface area contributed by atoms with Gasteiger partial charge in [0.15, 0.2) is 0 Å². The van der Waals surface area contributed by atoms with Gasteiger partial charge in [-0.1, -0.05) is 17.3 Å². The van der Waals surface area contributed by atoms with E-state index in [2.05, 4.69) is 27.7 Å². The number of nitrogens with one attached hydrogen (secondary N) is 1. The Labute approximate surface area is 134 Å². The van der Waals surface area contributed by atoms with E-state index in [1.165, 1.54) is 5.56 Å². The lowest BCUT2D eigenvalue weighted by atomic mass is 10.0. The third kappa shape index (κ3) is 2.61. The first-order valence-corrected chi connectivity index (χ1v) is 7.61. The maximum Gasteiger partial charge on any atom is 0.134 e. The van der Waals surface area contributed by atoms with Crippen molar-refractivity contribution < 1.29 is 9.26 Å². The molecule has 0 saturated heterocycles. The SMILES string of the molecule is Cc1cc(-c2ccc3c(c2)OC[C@H]3NCc2ccnn2C)no1. The third-order valence-electron chi connectivity index (χ3n) is 4.17. The fourth-order valence-corrected chi connectivity index (χ4v) is 2.84. The fourth-order valence-electron chi connectivity index (χ4n) is 2.84. The Balaban J connectivity index is 1.52. The van der Waals surface area contributed by atoms with E-state index in [0.717, 1.165) is 35.0 Å². The second kappa shape index (κ2) is 5.55. The van der Waals surface area contributed by atoms with Gasteiger partial charge in [0.05, 0.1) is 11.7 Å². The monoisotopic (exact) mass is 310 g/mol. The minimum Gasteiger partial charge on any atom is -0.491 e. The summed E-state index contributed by atoms with van der Waals surface area (Å²) in [6.45, 7) is 3.28. The van der Waals surface area contributed by atoms with E-state index in [1.54, 1.807) is 0 Å². The molecule has 2 aromatic heterocycles. The molecule has 3 heterocycles. The van der Waals surface area contributed by atoms with Crippen LogP contribution in [0.25, 0.3) is 11.3 Å². The number of aryl methyl sites for hydroxylation is 2. The smallest absolute Gasteiger partial charge is 0.134 e. The first-order valence-electron chi connectivity index (χ1n) is 7.61. The first-order chi connectivity index (χ1) is 11.2. The molecule has 1 aromatic carbocycles. The van der Waals surface area contributed by atoms with Crippen LogP contribution in [0.5, 0.6) is 5.75 Å². The van der Waals surface area contributed by atoms with Gasteiger partial charge in [-0.15, -0.1) is 0 Å². The van der Waals surface area contributed by atoms with Crippen molar-refractivity contribution >= 4 is 0 Å². The quantitative estimate of drug-likeness (QED) is 0.802. The van der Waals surface area contributed by atoms with Crippen LogP contribution >= 0.6 is 0 Å². The lowest BCUT2D eigenvalue weighted by Crippen LogP contribution is -2.23. The van der Waals surface area contributed by atoms with Gasteiger partial charge in [0, 0.05) is 37.0 Å². The highest BCUT2D eigenvalue weighted by atomic mass is 16.5. The van der Waals surface area contributed by atoms with Crippen molar-refractivity contribution in [2.45, 2.75) is 19.5 Å². The number of hydrogen-bond acceptors (Lipinski definition) is 5. The molecule has 1 atom stereocenters. The van der Waals surface area contributed by atoms with Crippen LogP contribution in [-0.2, 0) is 13.6 Å². The topological polar surface area (TPSA) is 65.1 Å². The molecule has 0 spiro atoms. The normalized spacial score (nSPS) is 16.3. The summed E-state index contributed by atoms with van der Waals surface area (Å²) in [5, 5.41) is 11.8. The lowest BCUT2D eigenvalue weighted by Gasteiger charge is -2.11. The summed E-state index contributed by atoms with van der Waals surface area (Å²) in [5.74, 6) is 1.71. The van der Waals surface area contributed by atoms with Gasteiger partial charge in [-0.25, -0.2) is 0 Å². The van der Waals surface area contributed by atoms with E-state index in [-0.39, 0.29) is 6.04 Å². The van der Waals surface area contributed by atoms with Crippen molar-refractivity contribution in [2.24, 2.45) is 7.05 Å². The Morgan fingerprint density at radius 1 is 1.30 bits per heavy atom. The highest BCUT2D eigenvalue weighted by Gasteiger charge is 2.24. The molecule has 1 N–H and O–H groups in total. The zero-order valence-electron chi connectivity index (χ0n) is 13.1. The molecule has 0 radical (unpaired) electrons. The van der Waals surface area contributed by atoms with Crippen LogP contribution < -0.4 is 10.1 Å². The molecule has 3 aromatic rings. The first kappa shape index (κ1) is 14.0. The van der Waals surface area contributed by atoms with Gasteiger partial charge in [0.2, 0.25) is 0 Å². The molecule has 4 rings (SSSR count). The number of rotatable bonds is 4. The summed E-state index contributed by atoms with van der Waals surface area (Å²) in [6, 6.07) is 10.3. The van der Waals surface area contributed by atoms with Crippen molar-refractivity contribution in [1.29, 1.82) is 0 Å². The van der Waals surface area contributed by atoms with Gasteiger partial charge >= 0.3 is 0 Å². The van der Waals surface area contributed by atoms with E-state index in [9.17, 15) is 0 Å². The number of nitrogens with zero attached hydrogens (tertiary/aromatic N) is 3. The van der Waals surface area contributed by atoms with Crippen LogP contribution in [-0.4, -0.2) is 21.5 Å². The van der Waals surface area contributed by atoms with Gasteiger partial charge in [-0.3, -0.25) is 4.68 Å². The third-order valence-corrected chi connectivity index (χ3v) is 4.17. The molecule has 6 heteroatoms. The number of fused-ring (bicyclic) bond motifs is 1. The molecule has 0 aliphatic carbocycles. The Hall–Kier alpha value is -2.60. The highest BCUT2D eigenvalue weighted by Crippen LogP contribution is 2.35. The molecular weight excluding hydrogens is 292 g/mol. The van der Waals surface area contributed by atoms with Gasteiger partial charge in [0.1, 0.15) is 23.8 Å². The molecular formula is C17H18N4O2. The summed E-state index contributed by atoms with van der Waals surface area (Å²) in [6.07, 6.45) is 1.81. The molecule has 23 heavy (non-hydrogen) atoms. The number of benzene rings is 1. The maximum atomic E-state index is 5.84. The number of hydrogen-bond donors (Lipinski definition) is 1. The summed E-state index contributed by atoms with van der Waals surface area (Å²) in [4.78, 5) is 0. The predicted molar refractivity (Wildman–Crippen MR) is 85.0 cm³/mol. The summed E-state index contributed by atoms with van der Waals surface area (Å²) in [5.41, 5.74) is 4.16. The van der Waals surface area contributed by atoms with Crippen LogP contribution in [0.4, 0.5) is 0 Å². The largest absolute Gasteiger partial charge is 0.491 e. The molecule has 0 bridgehead atoms. The molecule has 118 valence electrons. The van der Waals surface area contributed by atoms with Gasteiger partial charge in [-0.2, -0.15) is 5.10 Å². The number of ether oxygens (including phenoxy) is 1. The number of aromatic nitrogens is 3. The standard InChI is InChI=1S/C17H18N4O2/c1-11-7-15(20-23-11)12-3-4-14-16(10-22-17(14)8-12)18-9-13-5-6-19-21(13)2/h3-8,16,18H,9-10H2,1-2H3/t16-/m1/s1. The van der Waals surface area contributed by atoms with Crippen LogP contribution in [0.3, 0.4) is 0 Å². The maximum absolute atomic E-state index is 5.84. The van der Waals surface area contributed by atoms with E-state index in [4.69, 9.17) is 9.26 Å². The average molecular weight is 310 g/mol. The van der Waals surface area contributed by atoms with Crippen LogP contribution in [0, 0.1) is 6.92 Å². The Bertz CT molecular complexity index is 837. The van der Waals surface area contributed by atoms with Crippen molar-refractivity contribution in [3.8, 4) is 17.0 Å². The Morgan fingerprint density at radius 3 is 2.96 bits per heavy atom. The van der Waals surface area contributed by atoms with Gasteiger partial charge in [-0.05, 0) is 19.1 Å². The van der Waals surface area contributed by atoms with E-state index >= 15 is 0 Å². The second-order valence-electron chi connectivity index (χ2n) is 5.77. The van der Waals surface area contributed by atoms with Gasteiger partial charge in [0.25, 0.3) is 0 Å². The summed E-state index contributed by atoms with van der Waals surface area (Å²) >= 11 is 0. The average Bonchev–Trinajstić information content (AvgIpc) is 3.25. The van der Waals surface area contributed by atoms with Crippen molar-refractivity contribution in [3.63, 3.8) is 0 Å². The van der Waals surface area contributed by atoms with Crippen LogP contribution in [0.2, 0.25) is 0 Å². The minimum atomic E-state index is 0.188. The van der Waals surface area contributed by atoms with E-state index in [0.29, 0.717) is 6.61 Å². The summed E-state index contributed by atoms with van der Waals surface area (Å²) < 4.78 is 12.9. The van der Waals surface area contributed by atoms with Crippen molar-refractivity contribution in [2.75, 3.05) is 6.61 Å². The Morgan fingerprint density at radius 2 is 2.22 bits per heavy atom. The molecule has 1 aliphatic rings. The van der Waals surface area contributed by atoms with Crippen molar-refractivity contribution in [1.82, 2.24) is 20.3 Å². The van der Waals surface area contributed by atoms with Gasteiger partial charge < -0.3 is 14.6 Å². The Kier molecular flexibility index (Phi) is 3.38. The van der Waals surface area contributed by atoms with Crippen LogP contribution in [0.15, 0.2) is 41.1 Å². The molecule has 6 nitrogen and oxygen atoms in total. The molecule has 1 aliphatic heterocycles. The molecule has 0 unspecified atom stereocenters. The van der Waals surface area contributed by atoms with Crippen molar-refractivity contribution in [3.05, 3.63) is 53.5 Å². The second-order valence-corrected chi connectivity index (χ2v) is 5.77. The van der Waals surface area contributed by atoms with E-state index < -0.39 is 0 Å². The zero-order valence-corrected chi connectivity index (χ0v) is 13.1. The highest BCUT2D eigenvalue weighted by molar-refractivity contribution is 5.63. The predicted octanol–water partition coefficient (Wildman–Crippen LogP) is 2.61. The van der Waals surface area contributed by atoms with Crippen LogP contribution in [0.1, 0.15) is 23.1 Å². The molecule has 0 saturated carbocycles. The van der Waals surface area contributed by atoms with E-state index in [1.807, 2.05) is 43.0 Å².